The number of carboxylic acid groups (broad SMARTS) is 2. The van der Waals surface area contributed by atoms with E-state index in [0.717, 1.165) is 6.08 Å². The molecule has 0 unspecified atom stereocenters. The van der Waals surface area contributed by atoms with Gasteiger partial charge in [-0.05, 0) is 24.3 Å². The third-order valence-corrected chi connectivity index (χ3v) is 1.97. The summed E-state index contributed by atoms with van der Waals surface area (Å²) in [7, 11) is 0. The Morgan fingerprint density at radius 3 is 2.65 bits per heavy atom. The second-order valence-corrected chi connectivity index (χ2v) is 3.47. The summed E-state index contributed by atoms with van der Waals surface area (Å²) in [6.45, 7) is -0.520. The molecule has 1 aromatic rings. The van der Waals surface area contributed by atoms with Crippen LogP contribution in [0.3, 0.4) is 0 Å². The van der Waals surface area contributed by atoms with E-state index in [1.54, 1.807) is 12.1 Å². The minimum atomic E-state index is -1.13. The Bertz CT molecular complexity index is 467. The number of ether oxygens (including phenoxy) is 1. The van der Waals surface area contributed by atoms with Gasteiger partial charge in [0, 0.05) is 16.7 Å². The number of benzene rings is 1. The molecule has 90 valence electrons. The molecule has 1 aromatic carbocycles. The van der Waals surface area contributed by atoms with Crippen molar-refractivity contribution in [1.82, 2.24) is 0 Å². The van der Waals surface area contributed by atoms with E-state index < -0.39 is 18.5 Å². The molecule has 6 heteroatoms. The summed E-state index contributed by atoms with van der Waals surface area (Å²) >= 11 is 5.73. The van der Waals surface area contributed by atoms with Crippen LogP contribution in [0.5, 0.6) is 5.75 Å². The molecule has 5 nitrogen and oxygen atoms in total. The molecule has 0 aliphatic carbocycles. The van der Waals surface area contributed by atoms with Gasteiger partial charge in [0.1, 0.15) is 5.75 Å². The molecule has 2 N–H and O–H groups in total. The zero-order valence-corrected chi connectivity index (χ0v) is 9.35. The fourth-order valence-electron chi connectivity index (χ4n) is 1.07. The minimum absolute atomic E-state index is 0.220. The van der Waals surface area contributed by atoms with Crippen molar-refractivity contribution in [2.24, 2.45) is 0 Å². The van der Waals surface area contributed by atoms with Gasteiger partial charge in [0.15, 0.2) is 6.61 Å². The summed E-state index contributed by atoms with van der Waals surface area (Å²) in [4.78, 5) is 20.7. The molecule has 0 atom stereocenters. The highest BCUT2D eigenvalue weighted by atomic mass is 35.5. The molecule has 17 heavy (non-hydrogen) atoms. The maximum Gasteiger partial charge on any atom is 0.341 e. The minimum Gasteiger partial charge on any atom is -0.481 e. The summed E-state index contributed by atoms with van der Waals surface area (Å²) in [6.07, 6.45) is 2.23. The van der Waals surface area contributed by atoms with Gasteiger partial charge in [-0.3, -0.25) is 0 Å². The lowest BCUT2D eigenvalue weighted by atomic mass is 10.2. The highest BCUT2D eigenvalue weighted by Gasteiger charge is 2.05. The monoisotopic (exact) mass is 256 g/mol. The van der Waals surface area contributed by atoms with Gasteiger partial charge in [-0.25, -0.2) is 9.59 Å². The van der Waals surface area contributed by atoms with E-state index in [0.29, 0.717) is 10.6 Å². The van der Waals surface area contributed by atoms with E-state index in [4.69, 9.17) is 26.6 Å². The van der Waals surface area contributed by atoms with Gasteiger partial charge in [-0.2, -0.15) is 0 Å². The molecule has 0 fully saturated rings. The van der Waals surface area contributed by atoms with Crippen molar-refractivity contribution in [2.45, 2.75) is 0 Å². The maximum atomic E-state index is 10.4. The van der Waals surface area contributed by atoms with Crippen LogP contribution in [0.2, 0.25) is 5.02 Å². The van der Waals surface area contributed by atoms with Gasteiger partial charge in [0.2, 0.25) is 0 Å². The largest absolute Gasteiger partial charge is 0.481 e. The zero-order valence-electron chi connectivity index (χ0n) is 8.59. The van der Waals surface area contributed by atoms with Crippen LogP contribution in [0.25, 0.3) is 6.08 Å². The van der Waals surface area contributed by atoms with E-state index in [1.807, 2.05) is 0 Å². The molecule has 0 heterocycles. The van der Waals surface area contributed by atoms with Crippen LogP contribution in [0.4, 0.5) is 0 Å². The first-order valence-electron chi connectivity index (χ1n) is 4.54. The Kier molecular flexibility index (Phi) is 4.54. The number of carboxylic acids is 2. The van der Waals surface area contributed by atoms with Crippen molar-refractivity contribution in [3.8, 4) is 5.75 Å². The lowest BCUT2D eigenvalue weighted by molar-refractivity contribution is -0.139. The first-order valence-corrected chi connectivity index (χ1v) is 4.92. The average molecular weight is 257 g/mol. The van der Waals surface area contributed by atoms with Crippen molar-refractivity contribution >= 4 is 29.6 Å². The second-order valence-electron chi connectivity index (χ2n) is 3.04. The van der Waals surface area contributed by atoms with Gasteiger partial charge in [-0.15, -0.1) is 0 Å². The predicted octanol–water partition coefficient (Wildman–Crippen LogP) is 1.90. The topological polar surface area (TPSA) is 83.8 Å². The van der Waals surface area contributed by atoms with Crippen LogP contribution >= 0.6 is 11.6 Å². The number of rotatable bonds is 5. The van der Waals surface area contributed by atoms with Gasteiger partial charge in [-0.1, -0.05) is 11.6 Å². The van der Waals surface area contributed by atoms with Gasteiger partial charge < -0.3 is 14.9 Å². The normalized spacial score (nSPS) is 10.4. The maximum absolute atomic E-state index is 10.4. The molecule has 0 aromatic heterocycles. The third kappa shape index (κ3) is 4.56. The highest BCUT2D eigenvalue weighted by molar-refractivity contribution is 6.30. The zero-order chi connectivity index (χ0) is 12.8. The van der Waals surface area contributed by atoms with Crippen LogP contribution in [0.1, 0.15) is 5.56 Å². The molecule has 0 aliphatic rings. The Balaban J connectivity index is 2.95. The fraction of sp³-hybridized carbons (Fsp3) is 0.0909. The molecule has 0 saturated carbocycles. The summed E-state index contributed by atoms with van der Waals surface area (Å²) in [6, 6.07) is 4.52. The molecule has 0 radical (unpaired) electrons. The quantitative estimate of drug-likeness (QED) is 0.786. The van der Waals surface area contributed by atoms with Crippen LogP contribution in [0, 0.1) is 0 Å². The summed E-state index contributed by atoms with van der Waals surface area (Å²) in [5, 5.41) is 17.3. The van der Waals surface area contributed by atoms with Crippen molar-refractivity contribution < 1.29 is 24.5 Å². The molecular weight excluding hydrogens is 248 g/mol. The molecule has 0 amide bonds. The number of aliphatic carboxylic acids is 2. The van der Waals surface area contributed by atoms with Crippen molar-refractivity contribution in [1.29, 1.82) is 0 Å². The Hall–Kier alpha value is -2.01. The predicted molar refractivity (Wildman–Crippen MR) is 61.3 cm³/mol. The smallest absolute Gasteiger partial charge is 0.341 e. The van der Waals surface area contributed by atoms with E-state index >= 15 is 0 Å². The number of carbonyl (C=O) groups is 2. The molecule has 0 aliphatic heterocycles. The molecule has 0 bridgehead atoms. The van der Waals surface area contributed by atoms with Gasteiger partial charge in [0.25, 0.3) is 0 Å². The van der Waals surface area contributed by atoms with E-state index in [-0.39, 0.29) is 5.75 Å². The summed E-state index contributed by atoms with van der Waals surface area (Å²) in [5.41, 5.74) is 0.443. The van der Waals surface area contributed by atoms with Crippen LogP contribution in [-0.2, 0) is 9.59 Å². The van der Waals surface area contributed by atoms with Crippen molar-refractivity contribution in [2.75, 3.05) is 6.61 Å². The van der Waals surface area contributed by atoms with Crippen LogP contribution in [-0.4, -0.2) is 28.8 Å². The van der Waals surface area contributed by atoms with E-state index in [9.17, 15) is 9.59 Å². The first kappa shape index (κ1) is 13.1. The molecule has 1 rings (SSSR count). The van der Waals surface area contributed by atoms with Crippen molar-refractivity contribution in [3.63, 3.8) is 0 Å². The Morgan fingerprint density at radius 2 is 2.06 bits per heavy atom. The van der Waals surface area contributed by atoms with Crippen molar-refractivity contribution in [3.05, 3.63) is 34.9 Å². The average Bonchev–Trinajstić information content (AvgIpc) is 2.24. The first-order chi connectivity index (χ1) is 7.99. The molecule has 0 spiro atoms. The summed E-state index contributed by atoms with van der Waals surface area (Å²) < 4.78 is 4.98. The Labute approximate surface area is 102 Å². The van der Waals surface area contributed by atoms with Gasteiger partial charge in [0.05, 0.1) is 0 Å². The lowest BCUT2D eigenvalue weighted by Crippen LogP contribution is -2.10. The number of halogens is 1. The highest BCUT2D eigenvalue weighted by Crippen LogP contribution is 2.24. The SMILES string of the molecule is O=C(O)C=Cc1ccc(Cl)cc1OCC(=O)O. The standard InChI is InChI=1S/C11H9ClO5/c12-8-3-1-7(2-4-10(13)14)9(5-8)17-6-11(15)16/h1-5H,6H2,(H,13,14)(H,15,16). The van der Waals surface area contributed by atoms with Crippen LogP contribution in [0.15, 0.2) is 24.3 Å². The lowest BCUT2D eigenvalue weighted by Gasteiger charge is -2.07. The van der Waals surface area contributed by atoms with E-state index in [2.05, 4.69) is 0 Å². The molecule has 0 saturated heterocycles. The van der Waals surface area contributed by atoms with Gasteiger partial charge >= 0.3 is 11.9 Å². The van der Waals surface area contributed by atoms with Crippen LogP contribution < -0.4 is 4.74 Å². The van der Waals surface area contributed by atoms with E-state index in [1.165, 1.54) is 12.1 Å². The Morgan fingerprint density at radius 1 is 1.35 bits per heavy atom. The molecular formula is C11H9ClO5. The fourth-order valence-corrected chi connectivity index (χ4v) is 1.23. The second kappa shape index (κ2) is 5.91. The number of hydrogen-bond acceptors (Lipinski definition) is 3. The summed E-state index contributed by atoms with van der Waals surface area (Å²) in [5.74, 6) is -2.01. The third-order valence-electron chi connectivity index (χ3n) is 1.73. The number of hydrogen-bond donors (Lipinski definition) is 2.